The highest BCUT2D eigenvalue weighted by molar-refractivity contribution is 5.98. The molecule has 9 heteroatoms. The van der Waals surface area contributed by atoms with Crippen LogP contribution in [0.25, 0.3) is 11.5 Å². The van der Waals surface area contributed by atoms with Crippen LogP contribution in [0.4, 0.5) is 0 Å². The number of nitrogens with zero attached hydrogens (tertiary/aromatic N) is 5. The molecule has 0 N–H and O–H groups in total. The van der Waals surface area contributed by atoms with Gasteiger partial charge >= 0.3 is 0 Å². The molecule has 1 amide bonds. The standard InChI is InChI=1S/C21H21N5O4/c27-21(15-4-1-5-17-19(15)29-10-9-28-17)26-8-2-3-14(13-26)11-18-24-20(25-30-18)16-12-22-6-7-23-16/h1,4-7,12,14H,2-3,8-11,13H2. The van der Waals surface area contributed by atoms with Crippen LogP contribution in [0.15, 0.2) is 41.3 Å². The quantitative estimate of drug-likeness (QED) is 0.649. The summed E-state index contributed by atoms with van der Waals surface area (Å²) in [6, 6.07) is 5.45. The SMILES string of the molecule is O=C(c1cccc2c1OCCO2)N1CCCC(Cc2nc(-c3cnccn3)no2)C1. The topological polar surface area (TPSA) is 103 Å². The number of rotatable bonds is 4. The molecule has 1 atom stereocenters. The monoisotopic (exact) mass is 407 g/mol. The zero-order chi connectivity index (χ0) is 20.3. The molecule has 30 heavy (non-hydrogen) atoms. The summed E-state index contributed by atoms with van der Waals surface area (Å²) in [6.45, 7) is 2.29. The molecule has 0 spiro atoms. The summed E-state index contributed by atoms with van der Waals surface area (Å²) < 4.78 is 16.7. The lowest BCUT2D eigenvalue weighted by atomic mass is 9.94. The molecule has 1 fully saturated rings. The van der Waals surface area contributed by atoms with Crippen LogP contribution in [0.1, 0.15) is 29.1 Å². The maximum absolute atomic E-state index is 13.2. The number of hydrogen-bond donors (Lipinski definition) is 0. The highest BCUT2D eigenvalue weighted by Crippen LogP contribution is 2.35. The molecule has 2 aliphatic heterocycles. The van der Waals surface area contributed by atoms with E-state index in [9.17, 15) is 4.79 Å². The summed E-state index contributed by atoms with van der Waals surface area (Å²) in [7, 11) is 0. The lowest BCUT2D eigenvalue weighted by Crippen LogP contribution is -2.40. The zero-order valence-electron chi connectivity index (χ0n) is 16.4. The number of aromatic nitrogens is 4. The molecule has 2 aromatic heterocycles. The third kappa shape index (κ3) is 3.70. The number of ether oxygens (including phenoxy) is 2. The highest BCUT2D eigenvalue weighted by atomic mass is 16.6. The van der Waals surface area contributed by atoms with Gasteiger partial charge in [-0.15, -0.1) is 0 Å². The van der Waals surface area contributed by atoms with E-state index in [-0.39, 0.29) is 11.8 Å². The molecule has 0 radical (unpaired) electrons. The Kier molecular flexibility index (Phi) is 5.00. The van der Waals surface area contributed by atoms with Crippen molar-refractivity contribution >= 4 is 5.91 Å². The molecule has 0 aliphatic carbocycles. The summed E-state index contributed by atoms with van der Waals surface area (Å²) in [5.74, 6) is 2.35. The molecule has 4 heterocycles. The Hall–Kier alpha value is -3.49. The zero-order valence-corrected chi connectivity index (χ0v) is 16.4. The van der Waals surface area contributed by atoms with Crippen molar-refractivity contribution in [2.24, 2.45) is 5.92 Å². The van der Waals surface area contributed by atoms with Gasteiger partial charge in [-0.05, 0) is 30.9 Å². The first-order valence-corrected chi connectivity index (χ1v) is 10.0. The Morgan fingerprint density at radius 1 is 1.20 bits per heavy atom. The van der Waals surface area contributed by atoms with Crippen LogP contribution in [-0.4, -0.2) is 57.2 Å². The van der Waals surface area contributed by atoms with Crippen LogP contribution in [0.3, 0.4) is 0 Å². The van der Waals surface area contributed by atoms with E-state index in [1.165, 1.54) is 0 Å². The van der Waals surface area contributed by atoms with E-state index >= 15 is 0 Å². The average molecular weight is 407 g/mol. The number of benzene rings is 1. The van der Waals surface area contributed by atoms with Gasteiger partial charge in [0.05, 0.1) is 11.8 Å². The molecule has 9 nitrogen and oxygen atoms in total. The summed E-state index contributed by atoms with van der Waals surface area (Å²) in [6.07, 6.45) is 7.32. The van der Waals surface area contributed by atoms with E-state index in [4.69, 9.17) is 14.0 Å². The minimum Gasteiger partial charge on any atom is -0.486 e. The minimum atomic E-state index is -0.0344. The van der Waals surface area contributed by atoms with Gasteiger partial charge in [-0.25, -0.2) is 4.98 Å². The van der Waals surface area contributed by atoms with E-state index in [0.717, 1.165) is 12.8 Å². The Labute approximate surface area is 173 Å². The van der Waals surface area contributed by atoms with Gasteiger partial charge in [0.1, 0.15) is 18.9 Å². The van der Waals surface area contributed by atoms with Crippen LogP contribution in [-0.2, 0) is 6.42 Å². The molecule has 1 unspecified atom stereocenters. The van der Waals surface area contributed by atoms with Gasteiger partial charge in [0.15, 0.2) is 11.5 Å². The number of para-hydroxylation sites is 1. The Bertz CT molecular complexity index is 1040. The Morgan fingerprint density at radius 2 is 2.13 bits per heavy atom. The highest BCUT2D eigenvalue weighted by Gasteiger charge is 2.29. The van der Waals surface area contributed by atoms with Crippen molar-refractivity contribution < 1.29 is 18.8 Å². The number of hydrogen-bond acceptors (Lipinski definition) is 8. The Balaban J connectivity index is 1.28. The number of piperidine rings is 1. The normalized spacial score (nSPS) is 18.3. The minimum absolute atomic E-state index is 0.0344. The molecule has 0 saturated carbocycles. The second-order valence-corrected chi connectivity index (χ2v) is 7.40. The van der Waals surface area contributed by atoms with Gasteiger partial charge in [0, 0.05) is 31.9 Å². The lowest BCUT2D eigenvalue weighted by Gasteiger charge is -2.33. The largest absolute Gasteiger partial charge is 0.486 e. The molecular weight excluding hydrogens is 386 g/mol. The van der Waals surface area contributed by atoms with E-state index in [2.05, 4.69) is 20.1 Å². The number of likely N-dealkylation sites (tertiary alicyclic amines) is 1. The first kappa shape index (κ1) is 18.5. The number of carbonyl (C=O) groups is 1. The second kappa shape index (κ2) is 8.10. The molecule has 2 aliphatic rings. The van der Waals surface area contributed by atoms with Crippen LogP contribution in [0, 0.1) is 5.92 Å². The maximum atomic E-state index is 13.2. The first-order valence-electron chi connectivity index (χ1n) is 10.0. The fraction of sp³-hybridized carbons (Fsp3) is 0.381. The van der Waals surface area contributed by atoms with Crippen molar-refractivity contribution in [2.45, 2.75) is 19.3 Å². The van der Waals surface area contributed by atoms with Gasteiger partial charge in [0.25, 0.3) is 5.91 Å². The number of fused-ring (bicyclic) bond motifs is 1. The predicted molar refractivity (Wildman–Crippen MR) is 105 cm³/mol. The predicted octanol–water partition coefficient (Wildman–Crippen LogP) is 2.39. The van der Waals surface area contributed by atoms with Gasteiger partial charge in [-0.1, -0.05) is 11.2 Å². The van der Waals surface area contributed by atoms with E-state index in [0.29, 0.717) is 67.2 Å². The fourth-order valence-electron chi connectivity index (χ4n) is 3.93. The fourth-order valence-corrected chi connectivity index (χ4v) is 3.93. The van der Waals surface area contributed by atoms with Crippen molar-refractivity contribution in [2.75, 3.05) is 26.3 Å². The smallest absolute Gasteiger partial charge is 0.257 e. The van der Waals surface area contributed by atoms with Crippen LogP contribution in [0.5, 0.6) is 11.5 Å². The van der Waals surface area contributed by atoms with Crippen molar-refractivity contribution in [1.29, 1.82) is 0 Å². The van der Waals surface area contributed by atoms with E-state index < -0.39 is 0 Å². The molecule has 0 bridgehead atoms. The molecule has 1 saturated heterocycles. The number of amides is 1. The lowest BCUT2D eigenvalue weighted by molar-refractivity contribution is 0.0658. The maximum Gasteiger partial charge on any atom is 0.257 e. The van der Waals surface area contributed by atoms with Crippen LogP contribution in [0.2, 0.25) is 0 Å². The summed E-state index contributed by atoms with van der Waals surface area (Å²) in [5, 5.41) is 4.00. The molecule has 3 aromatic rings. The van der Waals surface area contributed by atoms with Crippen molar-refractivity contribution in [1.82, 2.24) is 25.0 Å². The molecular formula is C21H21N5O4. The number of carbonyl (C=O) groups excluding carboxylic acids is 1. The van der Waals surface area contributed by atoms with E-state index in [1.54, 1.807) is 24.7 Å². The molecule has 1 aromatic carbocycles. The summed E-state index contributed by atoms with van der Waals surface area (Å²) in [4.78, 5) is 27.7. The van der Waals surface area contributed by atoms with Crippen molar-refractivity contribution in [3.05, 3.63) is 48.2 Å². The van der Waals surface area contributed by atoms with Gasteiger partial charge in [-0.3, -0.25) is 9.78 Å². The Morgan fingerprint density at radius 3 is 3.03 bits per heavy atom. The third-order valence-corrected chi connectivity index (χ3v) is 5.33. The van der Waals surface area contributed by atoms with Gasteiger partial charge in [0.2, 0.25) is 11.7 Å². The van der Waals surface area contributed by atoms with E-state index in [1.807, 2.05) is 17.0 Å². The summed E-state index contributed by atoms with van der Waals surface area (Å²) >= 11 is 0. The second-order valence-electron chi connectivity index (χ2n) is 7.40. The van der Waals surface area contributed by atoms with Crippen molar-refractivity contribution in [3.63, 3.8) is 0 Å². The van der Waals surface area contributed by atoms with Gasteiger partial charge in [-0.2, -0.15) is 4.98 Å². The van der Waals surface area contributed by atoms with Gasteiger partial charge < -0.3 is 18.9 Å². The molecule has 5 rings (SSSR count). The third-order valence-electron chi connectivity index (χ3n) is 5.33. The molecule has 154 valence electrons. The average Bonchev–Trinajstić information content (AvgIpc) is 3.27. The van der Waals surface area contributed by atoms with Crippen molar-refractivity contribution in [3.8, 4) is 23.0 Å². The first-order chi connectivity index (χ1) is 14.8. The van der Waals surface area contributed by atoms with Crippen LogP contribution < -0.4 is 9.47 Å². The summed E-state index contributed by atoms with van der Waals surface area (Å²) in [5.41, 5.74) is 1.12. The van der Waals surface area contributed by atoms with Crippen LogP contribution >= 0.6 is 0 Å².